The van der Waals surface area contributed by atoms with Gasteiger partial charge in [-0.05, 0) is 0 Å². The fourth-order valence-corrected chi connectivity index (χ4v) is 25.4. The summed E-state index contributed by atoms with van der Waals surface area (Å²) in [7, 11) is 0. The molecule has 0 rings (SSSR count). The number of hydrogen-bond donors (Lipinski definition) is 0. The molecule has 0 amide bonds. The van der Waals surface area contributed by atoms with Gasteiger partial charge >= 0.3 is 109 Å². The molecule has 0 aliphatic rings. The van der Waals surface area contributed by atoms with Crippen molar-refractivity contribution in [3.63, 3.8) is 0 Å². The second kappa shape index (κ2) is 5.69. The molecule has 0 heterocycles. The van der Waals surface area contributed by atoms with Crippen LogP contribution in [0, 0.1) is 0 Å². The van der Waals surface area contributed by atoms with E-state index in [4.69, 9.17) is 49.6 Å². The molecule has 0 bridgehead atoms. The van der Waals surface area contributed by atoms with Gasteiger partial charge in [0.25, 0.3) is 0 Å². The quantitative estimate of drug-likeness (QED) is 0.408. The van der Waals surface area contributed by atoms with Gasteiger partial charge in [0.2, 0.25) is 0 Å². The minimum atomic E-state index is -2.90. The normalized spacial score (nSPS) is 15.1. The van der Waals surface area contributed by atoms with Crippen molar-refractivity contribution in [2.45, 2.75) is 24.2 Å². The van der Waals surface area contributed by atoms with Crippen molar-refractivity contribution in [1.29, 1.82) is 0 Å². The van der Waals surface area contributed by atoms with E-state index in [0.29, 0.717) is 11.8 Å². The molecule has 0 aromatic heterocycles. The van der Waals surface area contributed by atoms with Gasteiger partial charge in [-0.1, -0.05) is 0 Å². The number of hydrogen-bond acceptors (Lipinski definition) is 1. The standard InChI is InChI=1S/C7H14Cl4GeOSi/c1-5-13-6(8)7(12(2,3)4)14(9,10)11/h5H2,1-4H3/b7-6-. The van der Waals surface area contributed by atoms with Crippen LogP contribution in [0.15, 0.2) is 9.25 Å². The van der Waals surface area contributed by atoms with Crippen LogP contribution in [0.3, 0.4) is 0 Å². The molecule has 84 valence electrons. The fourth-order valence-electron chi connectivity index (χ4n) is 1.03. The Morgan fingerprint density at radius 3 is 1.86 bits per heavy atom. The molecule has 0 atom stereocenters. The Hall–Kier alpha value is 1.46. The molecule has 0 aromatic carbocycles. The van der Waals surface area contributed by atoms with Gasteiger partial charge in [-0.3, -0.25) is 0 Å². The van der Waals surface area contributed by atoms with Gasteiger partial charge in [0.15, 0.2) is 0 Å². The number of halogens is 4. The fraction of sp³-hybridized carbons (Fsp3) is 0.714. The first-order valence-electron chi connectivity index (χ1n) is 4.21. The van der Waals surface area contributed by atoms with E-state index in [9.17, 15) is 0 Å². The van der Waals surface area contributed by atoms with Gasteiger partial charge in [0, 0.05) is 0 Å². The van der Waals surface area contributed by atoms with Gasteiger partial charge < -0.3 is 0 Å². The van der Waals surface area contributed by atoms with Crippen molar-refractivity contribution < 1.29 is 4.74 Å². The summed E-state index contributed by atoms with van der Waals surface area (Å²) in [4.78, 5) is 0. The summed E-state index contributed by atoms with van der Waals surface area (Å²) < 4.78 is 6.03. The van der Waals surface area contributed by atoms with Gasteiger partial charge in [-0.15, -0.1) is 0 Å². The molecule has 1 nitrogen and oxygen atoms in total. The van der Waals surface area contributed by atoms with Crippen LogP contribution in [-0.4, -0.2) is 25.9 Å². The van der Waals surface area contributed by atoms with Gasteiger partial charge in [-0.2, -0.15) is 0 Å². The summed E-state index contributed by atoms with van der Waals surface area (Å²) in [5, 5.41) is 0.312. The van der Waals surface area contributed by atoms with Crippen molar-refractivity contribution >= 4 is 64.1 Å². The van der Waals surface area contributed by atoms with Crippen LogP contribution in [-0.2, 0) is 4.74 Å². The monoisotopic (exact) mass is 356 g/mol. The van der Waals surface area contributed by atoms with Crippen LogP contribution in [0.5, 0.6) is 0 Å². The zero-order chi connectivity index (χ0) is 11.6. The van der Waals surface area contributed by atoms with E-state index in [0.717, 1.165) is 4.03 Å². The Morgan fingerprint density at radius 2 is 1.64 bits per heavy atom. The molecule has 0 spiro atoms. The summed E-state index contributed by atoms with van der Waals surface area (Å²) in [5.74, 6) is 6.39. The van der Waals surface area contributed by atoms with Crippen molar-refractivity contribution in [1.82, 2.24) is 0 Å². The van der Waals surface area contributed by atoms with Crippen LogP contribution in [0.1, 0.15) is 6.92 Å². The maximum atomic E-state index is 6.01. The molecule has 0 saturated heterocycles. The van der Waals surface area contributed by atoms with Crippen molar-refractivity contribution in [2.24, 2.45) is 0 Å². The van der Waals surface area contributed by atoms with Gasteiger partial charge in [-0.25, -0.2) is 0 Å². The molecule has 0 N–H and O–H groups in total. The third-order valence-electron chi connectivity index (χ3n) is 1.50. The van der Waals surface area contributed by atoms with E-state index in [-0.39, 0.29) is 0 Å². The van der Waals surface area contributed by atoms with E-state index < -0.39 is 19.3 Å². The Kier molecular flexibility index (Phi) is 6.28. The van der Waals surface area contributed by atoms with Gasteiger partial charge in [0.05, 0.1) is 0 Å². The molecule has 0 aliphatic carbocycles. The van der Waals surface area contributed by atoms with Gasteiger partial charge in [0.1, 0.15) is 0 Å². The van der Waals surface area contributed by atoms with Crippen LogP contribution in [0.25, 0.3) is 0 Å². The first-order valence-corrected chi connectivity index (χ1v) is 17.0. The summed E-state index contributed by atoms with van der Waals surface area (Å²) in [5.41, 5.74) is 0. The average molecular weight is 357 g/mol. The second-order valence-corrected chi connectivity index (χ2v) is 24.1. The molecule has 0 saturated carbocycles. The molecule has 7 heteroatoms. The zero-order valence-electron chi connectivity index (χ0n) is 8.63. The van der Waals surface area contributed by atoms with E-state index in [1.165, 1.54) is 0 Å². The van der Waals surface area contributed by atoms with Crippen LogP contribution < -0.4 is 0 Å². The predicted octanol–water partition coefficient (Wildman–Crippen LogP) is 4.55. The Morgan fingerprint density at radius 1 is 1.21 bits per heavy atom. The first kappa shape index (κ1) is 15.5. The van der Waals surface area contributed by atoms with E-state index in [1.54, 1.807) is 0 Å². The Balaban J connectivity index is 5.22. The van der Waals surface area contributed by atoms with Crippen molar-refractivity contribution in [3.8, 4) is 0 Å². The topological polar surface area (TPSA) is 9.23 Å². The summed E-state index contributed by atoms with van der Waals surface area (Å²) in [6, 6.07) is -2.90. The van der Waals surface area contributed by atoms with Crippen LogP contribution in [0.2, 0.25) is 17.3 Å². The van der Waals surface area contributed by atoms with E-state index in [1.807, 2.05) is 6.92 Å². The predicted molar refractivity (Wildman–Crippen MR) is 71.2 cm³/mol. The van der Waals surface area contributed by atoms with E-state index >= 15 is 0 Å². The molecule has 0 fully saturated rings. The maximum absolute atomic E-state index is 6.01. The van der Waals surface area contributed by atoms with Crippen LogP contribution in [0.4, 0.5) is 0 Å². The molecule has 0 aromatic rings. The molecular formula is C7H14Cl4GeOSi. The van der Waals surface area contributed by atoms with Crippen LogP contribution >= 0.6 is 44.8 Å². The van der Waals surface area contributed by atoms with E-state index in [2.05, 4.69) is 17.3 Å². The minimum absolute atomic E-state index is 0.312. The Bertz CT molecular complexity index is 215. The first-order chi connectivity index (χ1) is 6.10. The molecule has 14 heavy (non-hydrogen) atoms. The average Bonchev–Trinajstić information content (AvgIpc) is 1.78. The zero-order valence-corrected chi connectivity index (χ0v) is 14.7. The molecule has 0 unspecified atom stereocenters. The summed E-state index contributed by atoms with van der Waals surface area (Å²) in [6.07, 6.45) is 0. The third-order valence-corrected chi connectivity index (χ3v) is 17.7. The second-order valence-electron chi connectivity index (χ2n) is 3.83. The number of rotatable bonds is 4. The van der Waals surface area contributed by atoms with Crippen molar-refractivity contribution in [2.75, 3.05) is 6.61 Å². The molecular weight excluding hydrogens is 343 g/mol. The third kappa shape index (κ3) is 4.99. The Labute approximate surface area is 108 Å². The number of ether oxygens (including phenoxy) is 1. The summed E-state index contributed by atoms with van der Waals surface area (Å²) >= 11 is 21.8. The summed E-state index contributed by atoms with van der Waals surface area (Å²) in [6.45, 7) is 2.35. The molecule has 0 aliphatic heterocycles. The molecule has 0 radical (unpaired) electrons. The van der Waals surface area contributed by atoms with Crippen molar-refractivity contribution in [3.05, 3.63) is 9.25 Å². The SMILES string of the molecule is CCO/C(Cl)=[C](\[Si](Cl)(Cl)Cl)[Ge]([CH3])([CH3])[CH3].